The third-order valence-electron chi connectivity index (χ3n) is 4.70. The van der Waals surface area contributed by atoms with Crippen LogP contribution in [-0.2, 0) is 9.47 Å². The van der Waals surface area contributed by atoms with Gasteiger partial charge in [-0.05, 0) is 37.2 Å². The standard InChI is InChI=1S/C19H25FO2/c1-2-3-14-12-21-19(22-13-14)17-6-4-15(5-7-17)16-8-10-18(20)11-9-16/h4-7,10,14,16,19H,2-3,8-9,11-13H2,1H3/t14-,16?,19-. The monoisotopic (exact) mass is 304 g/mol. The Morgan fingerprint density at radius 2 is 1.77 bits per heavy atom. The van der Waals surface area contributed by atoms with Crippen LogP contribution in [0.4, 0.5) is 4.39 Å². The largest absolute Gasteiger partial charge is 0.348 e. The van der Waals surface area contributed by atoms with Gasteiger partial charge < -0.3 is 9.47 Å². The molecule has 2 nitrogen and oxygen atoms in total. The maximum Gasteiger partial charge on any atom is 0.183 e. The molecule has 0 saturated carbocycles. The second-order valence-electron chi connectivity index (χ2n) is 6.44. The lowest BCUT2D eigenvalue weighted by Crippen LogP contribution is -2.26. The van der Waals surface area contributed by atoms with Crippen LogP contribution in [0.15, 0.2) is 36.2 Å². The van der Waals surface area contributed by atoms with Crippen LogP contribution in [-0.4, -0.2) is 13.2 Å². The Kier molecular flexibility index (Phi) is 5.27. The van der Waals surface area contributed by atoms with Crippen molar-refractivity contribution in [1.29, 1.82) is 0 Å². The Balaban J connectivity index is 1.58. The number of allylic oxidation sites excluding steroid dienone is 2. The molecule has 1 unspecified atom stereocenters. The van der Waals surface area contributed by atoms with E-state index in [1.165, 1.54) is 12.0 Å². The zero-order chi connectivity index (χ0) is 15.4. The van der Waals surface area contributed by atoms with Crippen LogP contribution in [0.3, 0.4) is 0 Å². The van der Waals surface area contributed by atoms with Gasteiger partial charge in [0.25, 0.3) is 0 Å². The molecule has 1 heterocycles. The van der Waals surface area contributed by atoms with Crippen molar-refractivity contribution in [3.05, 3.63) is 47.3 Å². The first-order valence-corrected chi connectivity index (χ1v) is 8.44. The molecule has 1 aliphatic carbocycles. The molecule has 1 aromatic carbocycles. The van der Waals surface area contributed by atoms with Gasteiger partial charge in [0.2, 0.25) is 0 Å². The first kappa shape index (κ1) is 15.7. The summed E-state index contributed by atoms with van der Waals surface area (Å²) < 4.78 is 24.8. The van der Waals surface area contributed by atoms with Crippen LogP contribution in [0.2, 0.25) is 0 Å². The summed E-state index contributed by atoms with van der Waals surface area (Å²) in [5.41, 5.74) is 2.36. The molecule has 1 aromatic rings. The third-order valence-corrected chi connectivity index (χ3v) is 4.70. The molecule has 3 heteroatoms. The summed E-state index contributed by atoms with van der Waals surface area (Å²) in [6, 6.07) is 8.47. The average Bonchev–Trinajstić information content (AvgIpc) is 2.57. The second-order valence-corrected chi connectivity index (χ2v) is 6.44. The van der Waals surface area contributed by atoms with E-state index in [0.29, 0.717) is 18.3 Å². The zero-order valence-electron chi connectivity index (χ0n) is 13.3. The Bertz CT molecular complexity index is 501. The van der Waals surface area contributed by atoms with Gasteiger partial charge in [0.15, 0.2) is 6.29 Å². The number of rotatable bonds is 4. The summed E-state index contributed by atoms with van der Waals surface area (Å²) in [7, 11) is 0. The predicted molar refractivity (Wildman–Crippen MR) is 85.3 cm³/mol. The summed E-state index contributed by atoms with van der Waals surface area (Å²) in [6.45, 7) is 3.76. The van der Waals surface area contributed by atoms with Crippen LogP contribution < -0.4 is 0 Å². The first-order chi connectivity index (χ1) is 10.8. The van der Waals surface area contributed by atoms with Crippen molar-refractivity contribution < 1.29 is 13.9 Å². The van der Waals surface area contributed by atoms with Crippen molar-refractivity contribution in [3.8, 4) is 0 Å². The van der Waals surface area contributed by atoms with Crippen LogP contribution in [0, 0.1) is 5.92 Å². The van der Waals surface area contributed by atoms with Crippen molar-refractivity contribution in [2.24, 2.45) is 5.92 Å². The van der Waals surface area contributed by atoms with E-state index in [0.717, 1.165) is 38.0 Å². The number of hydrogen-bond acceptors (Lipinski definition) is 2. The van der Waals surface area contributed by atoms with Gasteiger partial charge in [0, 0.05) is 11.5 Å². The summed E-state index contributed by atoms with van der Waals surface area (Å²) in [5, 5.41) is 0. The highest BCUT2D eigenvalue weighted by Crippen LogP contribution is 2.34. The lowest BCUT2D eigenvalue weighted by molar-refractivity contribution is -0.206. The van der Waals surface area contributed by atoms with Crippen LogP contribution in [0.25, 0.3) is 0 Å². The van der Waals surface area contributed by atoms with E-state index in [1.54, 1.807) is 6.08 Å². The third kappa shape index (κ3) is 3.76. The van der Waals surface area contributed by atoms with Gasteiger partial charge in [0.1, 0.15) is 0 Å². The number of benzene rings is 1. The molecule has 0 N–H and O–H groups in total. The minimum Gasteiger partial charge on any atom is -0.348 e. The molecule has 0 radical (unpaired) electrons. The van der Waals surface area contributed by atoms with E-state index in [4.69, 9.17) is 9.47 Å². The molecule has 0 bridgehead atoms. The molecule has 2 aliphatic rings. The molecule has 0 aromatic heterocycles. The maximum absolute atomic E-state index is 13.1. The fourth-order valence-corrected chi connectivity index (χ4v) is 3.34. The van der Waals surface area contributed by atoms with Gasteiger partial charge in [0.05, 0.1) is 19.0 Å². The Morgan fingerprint density at radius 3 is 2.36 bits per heavy atom. The van der Waals surface area contributed by atoms with Gasteiger partial charge in [-0.3, -0.25) is 0 Å². The van der Waals surface area contributed by atoms with Crippen molar-refractivity contribution in [2.75, 3.05) is 13.2 Å². The number of hydrogen-bond donors (Lipinski definition) is 0. The van der Waals surface area contributed by atoms with Crippen molar-refractivity contribution >= 4 is 0 Å². The van der Waals surface area contributed by atoms with Gasteiger partial charge >= 0.3 is 0 Å². The average molecular weight is 304 g/mol. The fraction of sp³-hybridized carbons (Fsp3) is 0.579. The van der Waals surface area contributed by atoms with Gasteiger partial charge in [-0.1, -0.05) is 43.7 Å². The minimum absolute atomic E-state index is 0.0403. The normalized spacial score (nSPS) is 29.2. The summed E-state index contributed by atoms with van der Waals surface area (Å²) in [5.74, 6) is 1.01. The summed E-state index contributed by atoms with van der Waals surface area (Å²) in [6.07, 6.45) is 6.11. The number of halogens is 1. The van der Waals surface area contributed by atoms with Crippen molar-refractivity contribution in [2.45, 2.75) is 51.2 Å². The minimum atomic E-state index is -0.231. The molecule has 1 saturated heterocycles. The molecular weight excluding hydrogens is 279 g/mol. The topological polar surface area (TPSA) is 18.5 Å². The lowest BCUT2D eigenvalue weighted by atomic mass is 9.87. The van der Waals surface area contributed by atoms with E-state index in [1.807, 2.05) is 0 Å². The molecule has 1 atom stereocenters. The zero-order valence-corrected chi connectivity index (χ0v) is 13.3. The second kappa shape index (κ2) is 7.38. The van der Waals surface area contributed by atoms with Gasteiger partial charge in [-0.25, -0.2) is 4.39 Å². The molecule has 0 amide bonds. The molecular formula is C19H25FO2. The van der Waals surface area contributed by atoms with Crippen LogP contribution in [0.5, 0.6) is 0 Å². The van der Waals surface area contributed by atoms with Gasteiger partial charge in [-0.15, -0.1) is 0 Å². The first-order valence-electron chi connectivity index (χ1n) is 8.44. The maximum atomic E-state index is 13.1. The molecule has 1 aliphatic heterocycles. The predicted octanol–water partition coefficient (Wildman–Crippen LogP) is 5.27. The Hall–Kier alpha value is -1.19. The van der Waals surface area contributed by atoms with E-state index in [2.05, 4.69) is 31.2 Å². The fourth-order valence-electron chi connectivity index (χ4n) is 3.34. The molecule has 1 fully saturated rings. The van der Waals surface area contributed by atoms with E-state index >= 15 is 0 Å². The summed E-state index contributed by atoms with van der Waals surface area (Å²) >= 11 is 0. The molecule has 120 valence electrons. The summed E-state index contributed by atoms with van der Waals surface area (Å²) in [4.78, 5) is 0. The molecule has 0 spiro atoms. The Labute approximate surface area is 132 Å². The lowest BCUT2D eigenvalue weighted by Gasteiger charge is -2.29. The molecule has 3 rings (SSSR count). The smallest absolute Gasteiger partial charge is 0.183 e. The highest BCUT2D eigenvalue weighted by molar-refractivity contribution is 5.27. The quantitative estimate of drug-likeness (QED) is 0.754. The highest BCUT2D eigenvalue weighted by Gasteiger charge is 2.23. The van der Waals surface area contributed by atoms with E-state index < -0.39 is 0 Å². The Morgan fingerprint density at radius 1 is 1.09 bits per heavy atom. The van der Waals surface area contributed by atoms with Crippen molar-refractivity contribution in [1.82, 2.24) is 0 Å². The highest BCUT2D eigenvalue weighted by atomic mass is 19.1. The SMILES string of the molecule is CCC[C@H]1CO[C@H](c2ccc(C3CC=C(F)CC3)cc2)OC1. The van der Waals surface area contributed by atoms with Gasteiger partial charge in [-0.2, -0.15) is 0 Å². The van der Waals surface area contributed by atoms with Crippen molar-refractivity contribution in [3.63, 3.8) is 0 Å². The van der Waals surface area contributed by atoms with Crippen LogP contribution >= 0.6 is 0 Å². The number of ether oxygens (including phenoxy) is 2. The van der Waals surface area contributed by atoms with E-state index in [-0.39, 0.29) is 12.1 Å². The van der Waals surface area contributed by atoms with Crippen LogP contribution in [0.1, 0.15) is 62.4 Å². The molecule has 22 heavy (non-hydrogen) atoms. The van der Waals surface area contributed by atoms with E-state index in [9.17, 15) is 4.39 Å².